The van der Waals surface area contributed by atoms with Gasteiger partial charge in [0.25, 0.3) is 0 Å². The molecule has 0 aromatic heterocycles. The van der Waals surface area contributed by atoms with Crippen LogP contribution in [0.2, 0.25) is 0 Å². The molecule has 4 heteroatoms. The largest absolute Gasteiger partial charge is 0.444 e. The van der Waals surface area contributed by atoms with Crippen molar-refractivity contribution in [2.45, 2.75) is 46.3 Å². The maximum Gasteiger partial charge on any atom is 0.408 e. The summed E-state index contributed by atoms with van der Waals surface area (Å²) in [5, 5.41) is 2.81. The first-order chi connectivity index (χ1) is 8.71. The number of hydrogen-bond donors (Lipinski definition) is 2. The molecular weight excluding hydrogens is 240 g/mol. The second-order valence-corrected chi connectivity index (χ2v) is 5.86. The van der Waals surface area contributed by atoms with Crippen LogP contribution >= 0.6 is 0 Å². The summed E-state index contributed by atoms with van der Waals surface area (Å²) in [6, 6.07) is 5.92. The van der Waals surface area contributed by atoms with Gasteiger partial charge in [-0.25, -0.2) is 4.79 Å². The van der Waals surface area contributed by atoms with Crippen LogP contribution in [0.5, 0.6) is 0 Å². The molecule has 0 aliphatic rings. The van der Waals surface area contributed by atoms with Gasteiger partial charge in [0.05, 0.1) is 6.04 Å². The number of carbonyl (C=O) groups is 1. The van der Waals surface area contributed by atoms with Crippen molar-refractivity contribution in [3.05, 3.63) is 34.9 Å². The summed E-state index contributed by atoms with van der Waals surface area (Å²) in [6.07, 6.45) is -0.442. The highest BCUT2D eigenvalue weighted by atomic mass is 16.6. The van der Waals surface area contributed by atoms with Crippen molar-refractivity contribution < 1.29 is 9.53 Å². The van der Waals surface area contributed by atoms with Gasteiger partial charge in [-0.3, -0.25) is 0 Å². The van der Waals surface area contributed by atoms with E-state index in [4.69, 9.17) is 10.5 Å². The molecule has 3 N–H and O–H groups in total. The number of rotatable bonds is 3. The maximum absolute atomic E-state index is 11.8. The van der Waals surface area contributed by atoms with Gasteiger partial charge in [-0.1, -0.05) is 29.3 Å². The lowest BCUT2D eigenvalue weighted by atomic mass is 10.0. The lowest BCUT2D eigenvalue weighted by molar-refractivity contribution is 0.0505. The van der Waals surface area contributed by atoms with E-state index in [9.17, 15) is 4.79 Å². The molecule has 0 aliphatic heterocycles. The third kappa shape index (κ3) is 5.30. The minimum atomic E-state index is -0.508. The zero-order valence-corrected chi connectivity index (χ0v) is 12.4. The first-order valence-electron chi connectivity index (χ1n) is 6.49. The summed E-state index contributed by atoms with van der Waals surface area (Å²) in [5.74, 6) is 0. The van der Waals surface area contributed by atoms with Crippen molar-refractivity contribution in [1.29, 1.82) is 0 Å². The van der Waals surface area contributed by atoms with Crippen LogP contribution in [0.15, 0.2) is 18.2 Å². The lowest BCUT2D eigenvalue weighted by Crippen LogP contribution is -2.37. The number of aryl methyl sites for hydroxylation is 2. The molecule has 1 rings (SSSR count). The van der Waals surface area contributed by atoms with Gasteiger partial charge in [-0.2, -0.15) is 0 Å². The molecule has 1 aromatic carbocycles. The fourth-order valence-electron chi connectivity index (χ4n) is 1.94. The second kappa shape index (κ2) is 6.06. The number of carbonyl (C=O) groups excluding carboxylic acids is 1. The van der Waals surface area contributed by atoms with E-state index in [1.807, 2.05) is 46.8 Å². The third-order valence-electron chi connectivity index (χ3n) is 2.57. The van der Waals surface area contributed by atoms with Gasteiger partial charge >= 0.3 is 6.09 Å². The monoisotopic (exact) mass is 264 g/mol. The first kappa shape index (κ1) is 15.5. The van der Waals surface area contributed by atoms with Crippen LogP contribution in [0.25, 0.3) is 0 Å². The number of hydrogen-bond acceptors (Lipinski definition) is 3. The molecule has 1 unspecified atom stereocenters. The van der Waals surface area contributed by atoms with Gasteiger partial charge in [0.2, 0.25) is 0 Å². The number of amides is 1. The molecule has 1 atom stereocenters. The molecule has 0 saturated carbocycles. The Morgan fingerprint density at radius 1 is 1.26 bits per heavy atom. The Labute approximate surface area is 115 Å². The molecule has 19 heavy (non-hydrogen) atoms. The van der Waals surface area contributed by atoms with Crippen LogP contribution < -0.4 is 11.1 Å². The van der Waals surface area contributed by atoms with Gasteiger partial charge in [0, 0.05) is 6.54 Å². The average Bonchev–Trinajstić information content (AvgIpc) is 2.21. The number of alkyl carbamates (subject to hydrolysis) is 1. The molecule has 0 spiro atoms. The highest BCUT2D eigenvalue weighted by Crippen LogP contribution is 2.17. The molecule has 1 amide bonds. The normalized spacial score (nSPS) is 12.9. The van der Waals surface area contributed by atoms with Crippen LogP contribution in [-0.2, 0) is 4.74 Å². The Morgan fingerprint density at radius 2 is 1.79 bits per heavy atom. The molecule has 0 fully saturated rings. The van der Waals surface area contributed by atoms with E-state index < -0.39 is 11.7 Å². The van der Waals surface area contributed by atoms with E-state index in [0.717, 1.165) is 16.7 Å². The lowest BCUT2D eigenvalue weighted by Gasteiger charge is -2.23. The highest BCUT2D eigenvalue weighted by Gasteiger charge is 2.19. The van der Waals surface area contributed by atoms with Gasteiger partial charge in [0.1, 0.15) is 5.60 Å². The van der Waals surface area contributed by atoms with Crippen LogP contribution in [0.4, 0.5) is 4.79 Å². The van der Waals surface area contributed by atoms with Crippen molar-refractivity contribution in [2.24, 2.45) is 5.73 Å². The molecule has 106 valence electrons. The van der Waals surface area contributed by atoms with Crippen molar-refractivity contribution >= 4 is 6.09 Å². The Morgan fingerprint density at radius 3 is 2.21 bits per heavy atom. The van der Waals surface area contributed by atoms with Crippen molar-refractivity contribution in [3.63, 3.8) is 0 Å². The van der Waals surface area contributed by atoms with Crippen molar-refractivity contribution in [1.82, 2.24) is 5.32 Å². The minimum Gasteiger partial charge on any atom is -0.444 e. The van der Waals surface area contributed by atoms with E-state index >= 15 is 0 Å². The number of ether oxygens (including phenoxy) is 1. The highest BCUT2D eigenvalue weighted by molar-refractivity contribution is 5.68. The Hall–Kier alpha value is -1.55. The van der Waals surface area contributed by atoms with E-state index in [-0.39, 0.29) is 6.04 Å². The molecule has 0 saturated heterocycles. The molecule has 1 aromatic rings. The Bertz CT molecular complexity index is 430. The molecule has 0 aliphatic carbocycles. The minimum absolute atomic E-state index is 0.228. The summed E-state index contributed by atoms with van der Waals surface area (Å²) >= 11 is 0. The summed E-state index contributed by atoms with van der Waals surface area (Å²) in [7, 11) is 0. The van der Waals surface area contributed by atoms with Crippen LogP contribution in [0, 0.1) is 13.8 Å². The number of nitrogens with one attached hydrogen (secondary N) is 1. The first-order valence-corrected chi connectivity index (χ1v) is 6.49. The summed E-state index contributed by atoms with van der Waals surface area (Å²) in [5.41, 5.74) is 8.55. The summed E-state index contributed by atoms with van der Waals surface area (Å²) in [4.78, 5) is 11.8. The van der Waals surface area contributed by atoms with Gasteiger partial charge < -0.3 is 15.8 Å². The predicted molar refractivity (Wildman–Crippen MR) is 77.1 cm³/mol. The number of benzene rings is 1. The standard InChI is InChI=1S/C15H24N2O2/c1-10-6-11(2)8-12(7-10)13(9-16)17-14(18)19-15(3,4)5/h6-8,13H,9,16H2,1-5H3,(H,17,18). The van der Waals surface area contributed by atoms with E-state index in [0.29, 0.717) is 6.54 Å². The fourth-order valence-corrected chi connectivity index (χ4v) is 1.94. The SMILES string of the molecule is Cc1cc(C)cc(C(CN)NC(=O)OC(C)(C)C)c1. The smallest absolute Gasteiger partial charge is 0.408 e. The van der Waals surface area contributed by atoms with E-state index in [1.54, 1.807) is 0 Å². The summed E-state index contributed by atoms with van der Waals surface area (Å²) < 4.78 is 5.25. The van der Waals surface area contributed by atoms with Crippen molar-refractivity contribution in [2.75, 3.05) is 6.54 Å². The zero-order valence-electron chi connectivity index (χ0n) is 12.4. The van der Waals surface area contributed by atoms with E-state index in [1.165, 1.54) is 0 Å². The molecule has 0 radical (unpaired) electrons. The van der Waals surface area contributed by atoms with Gasteiger partial charge in [0.15, 0.2) is 0 Å². The maximum atomic E-state index is 11.8. The Balaban J connectivity index is 2.81. The quantitative estimate of drug-likeness (QED) is 0.882. The molecular formula is C15H24N2O2. The van der Waals surface area contributed by atoms with Crippen LogP contribution in [0.1, 0.15) is 43.5 Å². The zero-order chi connectivity index (χ0) is 14.6. The van der Waals surface area contributed by atoms with Gasteiger partial charge in [-0.05, 0) is 40.2 Å². The predicted octanol–water partition coefficient (Wildman–Crippen LogP) is 2.83. The molecule has 0 bridgehead atoms. The topological polar surface area (TPSA) is 64.3 Å². The van der Waals surface area contributed by atoms with E-state index in [2.05, 4.69) is 11.4 Å². The number of nitrogens with two attached hydrogens (primary N) is 1. The molecule has 4 nitrogen and oxygen atoms in total. The Kier molecular flexibility index (Phi) is 4.95. The molecule has 0 heterocycles. The van der Waals surface area contributed by atoms with Crippen LogP contribution in [0.3, 0.4) is 0 Å². The van der Waals surface area contributed by atoms with Gasteiger partial charge in [-0.15, -0.1) is 0 Å². The second-order valence-electron chi connectivity index (χ2n) is 5.86. The fraction of sp³-hybridized carbons (Fsp3) is 0.533. The van der Waals surface area contributed by atoms with Crippen LogP contribution in [-0.4, -0.2) is 18.2 Å². The third-order valence-corrected chi connectivity index (χ3v) is 2.57. The van der Waals surface area contributed by atoms with Crippen molar-refractivity contribution in [3.8, 4) is 0 Å². The summed E-state index contributed by atoms with van der Waals surface area (Å²) in [6.45, 7) is 9.89. The average molecular weight is 264 g/mol.